The van der Waals surface area contributed by atoms with Crippen LogP contribution in [0.1, 0.15) is 103 Å². The van der Waals surface area contributed by atoms with E-state index in [-0.39, 0.29) is 0 Å². The summed E-state index contributed by atoms with van der Waals surface area (Å²) in [5.74, 6) is -0.667. The number of carboxylic acid groups (broad SMARTS) is 1. The molecule has 1 N–H and O–H groups in total. The minimum Gasteiger partial charge on any atom is -0.481 e. The topological polar surface area (TPSA) is 46.5 Å². The van der Waals surface area contributed by atoms with Gasteiger partial charge in [0.05, 0.1) is 32.7 Å². The Kier molecular flexibility index (Phi) is 14.8. The van der Waals surface area contributed by atoms with Gasteiger partial charge in [-0.3, -0.25) is 4.79 Å². The van der Waals surface area contributed by atoms with Gasteiger partial charge in [-0.15, -0.1) is 0 Å². The molecule has 0 aromatic carbocycles. The van der Waals surface area contributed by atoms with E-state index >= 15 is 0 Å². The monoisotopic (exact) mass is 384 g/mol. The number of ether oxygens (including phenoxy) is 1. The molecule has 1 saturated heterocycles. The summed E-state index contributed by atoms with van der Waals surface area (Å²) in [5.41, 5.74) is 0. The molecule has 160 valence electrons. The van der Waals surface area contributed by atoms with Gasteiger partial charge < -0.3 is 14.3 Å². The van der Waals surface area contributed by atoms with Crippen LogP contribution in [0.15, 0.2) is 0 Å². The van der Waals surface area contributed by atoms with Crippen molar-refractivity contribution in [2.75, 3.05) is 39.4 Å². The van der Waals surface area contributed by atoms with Crippen LogP contribution in [0.5, 0.6) is 0 Å². The van der Waals surface area contributed by atoms with Gasteiger partial charge >= 0.3 is 5.97 Å². The van der Waals surface area contributed by atoms with Crippen LogP contribution < -0.4 is 0 Å². The van der Waals surface area contributed by atoms with Crippen molar-refractivity contribution in [2.45, 2.75) is 103 Å². The minimum absolute atomic E-state index is 0.290. The van der Waals surface area contributed by atoms with Crippen LogP contribution in [-0.4, -0.2) is 55.0 Å². The molecule has 27 heavy (non-hydrogen) atoms. The molecule has 0 radical (unpaired) electrons. The van der Waals surface area contributed by atoms with Crippen LogP contribution >= 0.6 is 0 Å². The van der Waals surface area contributed by atoms with E-state index in [1.165, 1.54) is 89.9 Å². The van der Waals surface area contributed by atoms with E-state index in [4.69, 9.17) is 9.84 Å². The van der Waals surface area contributed by atoms with Crippen LogP contribution in [0.4, 0.5) is 0 Å². The molecule has 1 aliphatic heterocycles. The molecule has 0 aromatic heterocycles. The molecule has 0 saturated carbocycles. The molecule has 1 fully saturated rings. The second-order valence-electron chi connectivity index (χ2n) is 8.59. The van der Waals surface area contributed by atoms with Gasteiger partial charge in [0.1, 0.15) is 13.1 Å². The lowest BCUT2D eigenvalue weighted by molar-refractivity contribution is -0.934. The van der Waals surface area contributed by atoms with Gasteiger partial charge in [-0.1, -0.05) is 84.0 Å². The summed E-state index contributed by atoms with van der Waals surface area (Å²) in [7, 11) is 0. The van der Waals surface area contributed by atoms with E-state index in [0.717, 1.165) is 43.9 Å². The largest absolute Gasteiger partial charge is 0.481 e. The first-order valence-corrected chi connectivity index (χ1v) is 11.8. The first-order valence-electron chi connectivity index (χ1n) is 11.8. The normalized spacial score (nSPS) is 16.5. The quantitative estimate of drug-likeness (QED) is 0.240. The summed E-state index contributed by atoms with van der Waals surface area (Å²) < 4.78 is 6.46. The van der Waals surface area contributed by atoms with Gasteiger partial charge in [0.15, 0.2) is 0 Å². The van der Waals surface area contributed by atoms with Gasteiger partial charge in [-0.25, -0.2) is 0 Å². The molecule has 1 aliphatic rings. The number of morpholine rings is 1. The zero-order chi connectivity index (χ0) is 19.6. The molecular formula is C23H46NO3+. The maximum absolute atomic E-state index is 10.9. The Morgan fingerprint density at radius 2 is 1.19 bits per heavy atom. The zero-order valence-electron chi connectivity index (χ0n) is 18.1. The first kappa shape index (κ1) is 24.4. The van der Waals surface area contributed by atoms with Gasteiger partial charge in [0, 0.05) is 0 Å². The summed E-state index contributed by atoms with van der Waals surface area (Å²) in [4.78, 5) is 10.9. The highest BCUT2D eigenvalue weighted by Gasteiger charge is 2.30. The summed E-state index contributed by atoms with van der Waals surface area (Å²) in [6.45, 7) is 7.75. The number of rotatable bonds is 18. The predicted molar refractivity (Wildman–Crippen MR) is 113 cm³/mol. The third kappa shape index (κ3) is 13.2. The van der Waals surface area contributed by atoms with Crippen molar-refractivity contribution in [3.8, 4) is 0 Å². The summed E-state index contributed by atoms with van der Waals surface area (Å²) >= 11 is 0. The maximum atomic E-state index is 10.9. The number of carboxylic acids is 1. The SMILES string of the molecule is CCCCCCCCCCCCCCCC[N+]1(CCC(=O)O)CCOCC1. The Labute approximate surface area is 168 Å². The number of unbranched alkanes of at least 4 members (excludes halogenated alkanes) is 13. The molecule has 0 aliphatic carbocycles. The van der Waals surface area contributed by atoms with Crippen molar-refractivity contribution >= 4 is 5.97 Å². The first-order chi connectivity index (χ1) is 13.2. The maximum Gasteiger partial charge on any atom is 0.309 e. The average Bonchev–Trinajstić information content (AvgIpc) is 2.67. The van der Waals surface area contributed by atoms with Crippen LogP contribution in [0.3, 0.4) is 0 Å². The van der Waals surface area contributed by atoms with Crippen LogP contribution in [0.2, 0.25) is 0 Å². The Hall–Kier alpha value is -0.610. The van der Waals surface area contributed by atoms with Gasteiger partial charge in [-0.2, -0.15) is 0 Å². The molecule has 4 nitrogen and oxygen atoms in total. The standard InChI is InChI=1S/C23H45NO3/c1-2-3-4-5-6-7-8-9-10-11-12-13-14-15-17-24(18-16-23(25)26)19-21-27-22-20-24/h2-22H2,1H3/p+1. The molecule has 0 unspecified atom stereocenters. The smallest absolute Gasteiger partial charge is 0.309 e. The Morgan fingerprint density at radius 1 is 0.741 bits per heavy atom. The van der Waals surface area contributed by atoms with Crippen molar-refractivity contribution in [3.63, 3.8) is 0 Å². The van der Waals surface area contributed by atoms with E-state index in [9.17, 15) is 4.79 Å². The Bertz CT molecular complexity index is 354. The predicted octanol–water partition coefficient (Wildman–Crippen LogP) is 5.79. The van der Waals surface area contributed by atoms with Crippen molar-refractivity contribution in [1.82, 2.24) is 0 Å². The van der Waals surface area contributed by atoms with Crippen LogP contribution in [-0.2, 0) is 9.53 Å². The lowest BCUT2D eigenvalue weighted by atomic mass is 10.0. The Morgan fingerprint density at radius 3 is 1.63 bits per heavy atom. The van der Waals surface area contributed by atoms with Crippen LogP contribution in [0.25, 0.3) is 0 Å². The number of carbonyl (C=O) groups is 1. The number of nitrogens with zero attached hydrogens (tertiary/aromatic N) is 1. The molecule has 1 heterocycles. The van der Waals surface area contributed by atoms with E-state index in [1.807, 2.05) is 0 Å². The third-order valence-electron chi connectivity index (χ3n) is 6.21. The summed E-state index contributed by atoms with van der Waals surface area (Å²) in [5, 5.41) is 9.01. The highest BCUT2D eigenvalue weighted by atomic mass is 16.5. The van der Waals surface area contributed by atoms with Crippen molar-refractivity contribution in [2.24, 2.45) is 0 Å². The third-order valence-corrected chi connectivity index (χ3v) is 6.21. The van der Waals surface area contributed by atoms with Crippen molar-refractivity contribution in [3.05, 3.63) is 0 Å². The van der Waals surface area contributed by atoms with Gasteiger partial charge in [-0.05, 0) is 12.8 Å². The lowest BCUT2D eigenvalue weighted by Crippen LogP contribution is -2.56. The van der Waals surface area contributed by atoms with Crippen molar-refractivity contribution < 1.29 is 19.1 Å². The molecule has 1 rings (SSSR count). The molecule has 4 heteroatoms. The number of hydrogen-bond acceptors (Lipinski definition) is 2. The van der Waals surface area contributed by atoms with Crippen molar-refractivity contribution in [1.29, 1.82) is 0 Å². The second kappa shape index (κ2) is 16.4. The zero-order valence-corrected chi connectivity index (χ0v) is 18.1. The summed E-state index contributed by atoms with van der Waals surface area (Å²) in [6.07, 6.45) is 19.7. The van der Waals surface area contributed by atoms with Gasteiger partial charge in [0.2, 0.25) is 0 Å². The molecule has 0 spiro atoms. The highest BCUT2D eigenvalue weighted by molar-refractivity contribution is 5.66. The molecule has 0 amide bonds. The van der Waals surface area contributed by atoms with E-state index in [0.29, 0.717) is 6.42 Å². The van der Waals surface area contributed by atoms with Crippen LogP contribution in [0, 0.1) is 0 Å². The molecular weight excluding hydrogens is 338 g/mol. The minimum atomic E-state index is -0.667. The molecule has 0 bridgehead atoms. The van der Waals surface area contributed by atoms with E-state index in [1.54, 1.807) is 0 Å². The fourth-order valence-corrected chi connectivity index (χ4v) is 4.26. The number of hydrogen-bond donors (Lipinski definition) is 1. The molecule has 0 aromatic rings. The fraction of sp³-hybridized carbons (Fsp3) is 0.957. The summed E-state index contributed by atoms with van der Waals surface area (Å²) in [6, 6.07) is 0. The fourth-order valence-electron chi connectivity index (χ4n) is 4.26. The average molecular weight is 385 g/mol. The second-order valence-corrected chi connectivity index (χ2v) is 8.59. The van der Waals surface area contributed by atoms with E-state index < -0.39 is 5.97 Å². The van der Waals surface area contributed by atoms with E-state index in [2.05, 4.69) is 6.92 Å². The molecule has 0 atom stereocenters. The van der Waals surface area contributed by atoms with Gasteiger partial charge in [0.25, 0.3) is 0 Å². The number of quaternary nitrogens is 1. The lowest BCUT2D eigenvalue weighted by Gasteiger charge is -2.41. The highest BCUT2D eigenvalue weighted by Crippen LogP contribution is 2.17. The Balaban J connectivity index is 1.94. The number of aliphatic carboxylic acids is 1.